The lowest BCUT2D eigenvalue weighted by Gasteiger charge is -2.09. The van der Waals surface area contributed by atoms with E-state index < -0.39 is 0 Å². The van der Waals surface area contributed by atoms with E-state index in [-0.39, 0.29) is 5.56 Å². The minimum atomic E-state index is -0.272. The monoisotopic (exact) mass is 380 g/mol. The summed E-state index contributed by atoms with van der Waals surface area (Å²) in [6.07, 6.45) is 3.23. The van der Waals surface area contributed by atoms with Crippen molar-refractivity contribution in [2.45, 2.75) is 6.54 Å². The average molecular weight is 381 g/mol. The number of hydrogen-bond donors (Lipinski definition) is 1. The normalized spacial score (nSPS) is 11.4. The molecule has 0 aliphatic rings. The van der Waals surface area contributed by atoms with E-state index >= 15 is 0 Å². The number of aromatic nitrogens is 5. The van der Waals surface area contributed by atoms with Crippen LogP contribution in [0.4, 0.5) is 0 Å². The van der Waals surface area contributed by atoms with Crippen molar-refractivity contribution in [3.05, 3.63) is 69.7 Å². The van der Waals surface area contributed by atoms with Crippen LogP contribution in [0.15, 0.2) is 53.6 Å². The Bertz CT molecular complexity index is 1160. The Labute approximate surface area is 160 Å². The molecule has 0 fully saturated rings. The van der Waals surface area contributed by atoms with Gasteiger partial charge in [0.2, 0.25) is 0 Å². The van der Waals surface area contributed by atoms with Crippen LogP contribution in [0.3, 0.4) is 0 Å². The number of rotatable bonds is 4. The lowest BCUT2D eigenvalue weighted by Crippen LogP contribution is -2.10. The molecular weight excluding hydrogens is 364 g/mol. The van der Waals surface area contributed by atoms with Crippen molar-refractivity contribution in [1.29, 1.82) is 0 Å². The number of H-pyrrole nitrogens is 1. The van der Waals surface area contributed by atoms with Crippen LogP contribution in [0.5, 0.6) is 0 Å². The first-order valence-corrected chi connectivity index (χ1v) is 8.73. The number of nitrogens with zero attached hydrogens (tertiary/aromatic N) is 5. The van der Waals surface area contributed by atoms with Crippen LogP contribution in [-0.4, -0.2) is 44.0 Å². The molecule has 0 amide bonds. The zero-order valence-corrected chi connectivity index (χ0v) is 15.6. The van der Waals surface area contributed by atoms with Gasteiger partial charge in [0.1, 0.15) is 11.3 Å². The van der Waals surface area contributed by atoms with Crippen LogP contribution >= 0.6 is 11.6 Å². The highest BCUT2D eigenvalue weighted by atomic mass is 35.5. The second-order valence-electron chi connectivity index (χ2n) is 6.56. The maximum Gasteiger partial charge on any atom is 0.259 e. The summed E-state index contributed by atoms with van der Waals surface area (Å²) >= 11 is 6.00. The molecule has 3 aromatic heterocycles. The summed E-state index contributed by atoms with van der Waals surface area (Å²) in [5.74, 6) is 0. The highest BCUT2D eigenvalue weighted by Gasteiger charge is 2.11. The van der Waals surface area contributed by atoms with Crippen molar-refractivity contribution in [3.63, 3.8) is 0 Å². The van der Waals surface area contributed by atoms with E-state index in [9.17, 15) is 4.79 Å². The van der Waals surface area contributed by atoms with E-state index in [0.717, 1.165) is 17.6 Å². The quantitative estimate of drug-likeness (QED) is 0.589. The second kappa shape index (κ2) is 6.94. The van der Waals surface area contributed by atoms with Gasteiger partial charge in [0.25, 0.3) is 5.56 Å². The van der Waals surface area contributed by atoms with Crippen molar-refractivity contribution in [3.8, 4) is 16.9 Å². The Kier molecular flexibility index (Phi) is 4.47. The topological polar surface area (TPSA) is 79.7 Å². The molecule has 1 aromatic carbocycles. The summed E-state index contributed by atoms with van der Waals surface area (Å²) in [7, 11) is 4.06. The van der Waals surface area contributed by atoms with E-state index in [0.29, 0.717) is 21.9 Å². The molecule has 0 spiro atoms. The maximum absolute atomic E-state index is 12.4. The van der Waals surface area contributed by atoms with Crippen molar-refractivity contribution < 1.29 is 0 Å². The predicted molar refractivity (Wildman–Crippen MR) is 105 cm³/mol. The van der Waals surface area contributed by atoms with Gasteiger partial charge in [-0.25, -0.2) is 9.67 Å². The van der Waals surface area contributed by atoms with E-state index in [1.807, 2.05) is 38.4 Å². The van der Waals surface area contributed by atoms with Crippen LogP contribution < -0.4 is 5.56 Å². The Morgan fingerprint density at radius 3 is 2.70 bits per heavy atom. The molecular formula is C19H17ClN6O. The molecule has 7 nitrogen and oxygen atoms in total. The molecule has 0 unspecified atom stereocenters. The molecule has 0 aliphatic heterocycles. The molecule has 1 N–H and O–H groups in total. The Balaban J connectivity index is 1.69. The first-order valence-electron chi connectivity index (χ1n) is 8.35. The summed E-state index contributed by atoms with van der Waals surface area (Å²) < 4.78 is 1.65. The second-order valence-corrected chi connectivity index (χ2v) is 6.99. The summed E-state index contributed by atoms with van der Waals surface area (Å²) in [6, 6.07) is 11.5. The highest BCUT2D eigenvalue weighted by molar-refractivity contribution is 6.31. The van der Waals surface area contributed by atoms with Crippen LogP contribution in [0, 0.1) is 0 Å². The Morgan fingerprint density at radius 1 is 1.19 bits per heavy atom. The maximum atomic E-state index is 12.4. The van der Waals surface area contributed by atoms with E-state index in [1.165, 1.54) is 11.8 Å². The number of nitrogens with one attached hydrogen (secondary N) is 1. The van der Waals surface area contributed by atoms with Gasteiger partial charge in [0, 0.05) is 18.1 Å². The molecule has 0 bridgehead atoms. The largest absolute Gasteiger partial charge is 0.306 e. The number of benzene rings is 1. The molecule has 3 heterocycles. The number of aromatic amines is 1. The third-order valence-corrected chi connectivity index (χ3v) is 4.34. The fourth-order valence-electron chi connectivity index (χ4n) is 2.89. The number of hydrogen-bond acceptors (Lipinski definition) is 5. The van der Waals surface area contributed by atoms with Crippen molar-refractivity contribution in [2.24, 2.45) is 0 Å². The smallest absolute Gasteiger partial charge is 0.259 e. The fourth-order valence-corrected chi connectivity index (χ4v) is 3.05. The number of fused-ring (bicyclic) bond motifs is 1. The van der Waals surface area contributed by atoms with Crippen LogP contribution in [0.1, 0.15) is 5.56 Å². The van der Waals surface area contributed by atoms with Gasteiger partial charge in [-0.15, -0.1) is 5.10 Å². The van der Waals surface area contributed by atoms with Gasteiger partial charge in [-0.1, -0.05) is 28.9 Å². The van der Waals surface area contributed by atoms with Gasteiger partial charge in [-0.05, 0) is 43.9 Å². The molecule has 0 radical (unpaired) electrons. The SMILES string of the molecule is CN(C)Cc1ccc(-n2cc(-c3cc4cc(Cl)cnc4[nH]c3=O)nn2)cc1. The van der Waals surface area contributed by atoms with Gasteiger partial charge in [-0.3, -0.25) is 4.79 Å². The van der Waals surface area contributed by atoms with Crippen LogP contribution in [0.25, 0.3) is 28.0 Å². The molecule has 0 saturated carbocycles. The lowest BCUT2D eigenvalue weighted by molar-refractivity contribution is 0.402. The molecule has 4 aromatic rings. The van der Waals surface area contributed by atoms with Gasteiger partial charge in [-0.2, -0.15) is 0 Å². The van der Waals surface area contributed by atoms with Crippen LogP contribution in [0.2, 0.25) is 5.02 Å². The molecule has 0 aliphatic carbocycles. The molecule has 0 saturated heterocycles. The summed E-state index contributed by atoms with van der Waals surface area (Å²) in [5.41, 5.74) is 3.19. The Morgan fingerprint density at radius 2 is 1.96 bits per heavy atom. The van der Waals surface area contributed by atoms with E-state index in [1.54, 1.807) is 23.0 Å². The Hall–Kier alpha value is -3.03. The third-order valence-electron chi connectivity index (χ3n) is 4.13. The third kappa shape index (κ3) is 3.60. The summed E-state index contributed by atoms with van der Waals surface area (Å²) in [6.45, 7) is 0.867. The molecule has 136 valence electrons. The van der Waals surface area contributed by atoms with Crippen LogP contribution in [-0.2, 0) is 6.54 Å². The van der Waals surface area contributed by atoms with E-state index in [2.05, 4.69) is 25.2 Å². The average Bonchev–Trinajstić information content (AvgIpc) is 3.11. The fraction of sp³-hybridized carbons (Fsp3) is 0.158. The van der Waals surface area contributed by atoms with Gasteiger partial charge >= 0.3 is 0 Å². The first kappa shape index (κ1) is 17.4. The van der Waals surface area contributed by atoms with Gasteiger partial charge in [0.05, 0.1) is 22.5 Å². The first-order chi connectivity index (χ1) is 13.0. The van der Waals surface area contributed by atoms with Crippen molar-refractivity contribution in [1.82, 2.24) is 29.9 Å². The standard InChI is InChI=1S/C19H17ClN6O/c1-25(2)10-12-3-5-15(6-4-12)26-11-17(23-24-26)16-8-13-7-14(20)9-21-18(13)22-19(16)27/h3-9,11H,10H2,1-2H3,(H,21,22,27). The lowest BCUT2D eigenvalue weighted by atomic mass is 10.1. The van der Waals surface area contributed by atoms with Gasteiger partial charge in [0.15, 0.2) is 0 Å². The molecule has 0 atom stereocenters. The van der Waals surface area contributed by atoms with Crippen molar-refractivity contribution in [2.75, 3.05) is 14.1 Å². The van der Waals surface area contributed by atoms with Crippen molar-refractivity contribution >= 4 is 22.6 Å². The molecule has 8 heteroatoms. The number of halogens is 1. The molecule has 27 heavy (non-hydrogen) atoms. The predicted octanol–water partition coefficient (Wildman–Crippen LogP) is 2.89. The zero-order chi connectivity index (χ0) is 19.0. The molecule has 4 rings (SSSR count). The van der Waals surface area contributed by atoms with E-state index in [4.69, 9.17) is 11.6 Å². The van der Waals surface area contributed by atoms with Gasteiger partial charge < -0.3 is 9.88 Å². The zero-order valence-electron chi connectivity index (χ0n) is 14.8. The minimum absolute atomic E-state index is 0.272. The summed E-state index contributed by atoms with van der Waals surface area (Å²) in [5, 5.41) is 9.55. The number of pyridine rings is 2. The summed E-state index contributed by atoms with van der Waals surface area (Å²) in [4.78, 5) is 21.4. The highest BCUT2D eigenvalue weighted by Crippen LogP contribution is 2.20. The minimum Gasteiger partial charge on any atom is -0.306 e.